The summed E-state index contributed by atoms with van der Waals surface area (Å²) >= 11 is 0. The van der Waals surface area contributed by atoms with E-state index in [1.165, 1.54) is 12.3 Å². The summed E-state index contributed by atoms with van der Waals surface area (Å²) in [7, 11) is 0. The molecule has 1 fully saturated rings. The van der Waals surface area contributed by atoms with Gasteiger partial charge in [0.05, 0.1) is 25.0 Å². The zero-order valence-electron chi connectivity index (χ0n) is 28.4. The van der Waals surface area contributed by atoms with Gasteiger partial charge >= 0.3 is 0 Å². The lowest BCUT2D eigenvalue weighted by atomic mass is 9.65. The minimum absolute atomic E-state index is 0.0394. The van der Waals surface area contributed by atoms with Crippen LogP contribution < -0.4 is 32.7 Å². The van der Waals surface area contributed by atoms with Crippen molar-refractivity contribution in [1.29, 1.82) is 0 Å². The van der Waals surface area contributed by atoms with Crippen molar-refractivity contribution >= 4 is 41.2 Å². The highest BCUT2D eigenvalue weighted by Gasteiger charge is 2.61. The molecule has 0 bridgehead atoms. The smallest absolute Gasteiger partial charge is 0.288 e. The lowest BCUT2D eigenvalue weighted by Crippen LogP contribution is -2.55. The SMILES string of the molecule is C/C=C\NC(=O)CC(O)(O)C1C(=O)NC2C(C3=CC(C[C@H](NC(=O)C(=O)[C@@H](C)CC)C(=O)NC(CC(N)=O)C(N)=O)=CCC3O)=CC=CC21C. The quantitative estimate of drug-likeness (QED) is 0.0649. The van der Waals surface area contributed by atoms with Crippen LogP contribution >= 0.6 is 0 Å². The summed E-state index contributed by atoms with van der Waals surface area (Å²) in [5.41, 5.74) is 10.4. The molecule has 1 saturated heterocycles. The molecule has 16 heteroatoms. The minimum atomic E-state index is -2.75. The number of ketones is 1. The Labute approximate surface area is 289 Å². The van der Waals surface area contributed by atoms with Crippen molar-refractivity contribution < 1.29 is 48.9 Å². The highest BCUT2D eigenvalue weighted by Crippen LogP contribution is 2.50. The molecular formula is C34H46N6O10. The Bertz CT molecular complexity index is 1580. The second kappa shape index (κ2) is 16.2. The second-order valence-electron chi connectivity index (χ2n) is 13.0. The zero-order chi connectivity index (χ0) is 37.6. The number of nitrogens with two attached hydrogens (primary N) is 2. The van der Waals surface area contributed by atoms with Crippen molar-refractivity contribution in [3.63, 3.8) is 0 Å². The van der Waals surface area contributed by atoms with Gasteiger partial charge in [0, 0.05) is 17.8 Å². The van der Waals surface area contributed by atoms with Crippen LogP contribution in [-0.4, -0.2) is 86.6 Å². The molecule has 50 heavy (non-hydrogen) atoms. The Morgan fingerprint density at radius 1 is 1.12 bits per heavy atom. The maximum absolute atomic E-state index is 13.4. The van der Waals surface area contributed by atoms with E-state index in [9.17, 15) is 48.9 Å². The third kappa shape index (κ3) is 8.99. The van der Waals surface area contributed by atoms with E-state index in [0.717, 1.165) is 0 Å². The van der Waals surface area contributed by atoms with Crippen molar-refractivity contribution in [3.8, 4) is 0 Å². The summed E-state index contributed by atoms with van der Waals surface area (Å²) in [5.74, 6) is -11.1. The first kappa shape index (κ1) is 39.5. The number of hydrogen-bond donors (Lipinski definition) is 9. The van der Waals surface area contributed by atoms with Gasteiger partial charge in [0.2, 0.25) is 35.3 Å². The molecule has 272 valence electrons. The van der Waals surface area contributed by atoms with Gasteiger partial charge in [-0.2, -0.15) is 0 Å². The average molecular weight is 699 g/mol. The van der Waals surface area contributed by atoms with E-state index >= 15 is 0 Å². The molecule has 6 amide bonds. The molecule has 0 saturated carbocycles. The number of hydrogen-bond acceptors (Lipinski definition) is 10. The third-order valence-electron chi connectivity index (χ3n) is 9.18. The topological polar surface area (TPSA) is 280 Å². The van der Waals surface area contributed by atoms with Crippen LogP contribution in [0.3, 0.4) is 0 Å². The van der Waals surface area contributed by atoms with E-state index in [0.29, 0.717) is 23.1 Å². The van der Waals surface area contributed by atoms with Crippen molar-refractivity contribution in [1.82, 2.24) is 21.3 Å². The molecule has 0 aromatic heterocycles. The van der Waals surface area contributed by atoms with Gasteiger partial charge in [-0.25, -0.2) is 0 Å². The Morgan fingerprint density at radius 2 is 1.80 bits per heavy atom. The summed E-state index contributed by atoms with van der Waals surface area (Å²) < 4.78 is 0. The van der Waals surface area contributed by atoms with Gasteiger partial charge in [-0.1, -0.05) is 57.2 Å². The lowest BCUT2D eigenvalue weighted by Gasteiger charge is -2.41. The number of carbonyl (C=O) groups is 7. The van der Waals surface area contributed by atoms with E-state index in [1.807, 2.05) is 0 Å². The van der Waals surface area contributed by atoms with Gasteiger partial charge in [0.1, 0.15) is 18.0 Å². The van der Waals surface area contributed by atoms with Crippen LogP contribution in [-0.2, 0) is 33.6 Å². The Morgan fingerprint density at radius 3 is 2.40 bits per heavy atom. The van der Waals surface area contributed by atoms with Crippen molar-refractivity contribution in [2.24, 2.45) is 28.7 Å². The largest absolute Gasteiger partial charge is 0.388 e. The molecule has 0 aromatic carbocycles. The summed E-state index contributed by atoms with van der Waals surface area (Å²) in [6, 6.07) is -3.81. The highest BCUT2D eigenvalue weighted by molar-refractivity contribution is 6.37. The van der Waals surface area contributed by atoms with Gasteiger partial charge in [-0.3, -0.25) is 33.6 Å². The van der Waals surface area contributed by atoms with Crippen LogP contribution in [0.5, 0.6) is 0 Å². The maximum Gasteiger partial charge on any atom is 0.288 e. The number of allylic oxidation sites excluding steroid dienone is 4. The first-order chi connectivity index (χ1) is 23.4. The van der Waals surface area contributed by atoms with Crippen molar-refractivity contribution in [3.05, 3.63) is 59.4 Å². The number of nitrogens with one attached hydrogen (secondary N) is 4. The van der Waals surface area contributed by atoms with Crippen molar-refractivity contribution in [2.45, 2.75) is 89.8 Å². The van der Waals surface area contributed by atoms with Gasteiger partial charge in [-0.15, -0.1) is 0 Å². The summed E-state index contributed by atoms with van der Waals surface area (Å²) in [6.45, 7) is 6.54. The first-order valence-corrected chi connectivity index (χ1v) is 16.2. The van der Waals surface area contributed by atoms with Gasteiger partial charge < -0.3 is 48.1 Å². The van der Waals surface area contributed by atoms with Crippen molar-refractivity contribution in [2.75, 3.05) is 0 Å². The summed E-state index contributed by atoms with van der Waals surface area (Å²) in [5, 5.41) is 43.1. The fourth-order valence-electron chi connectivity index (χ4n) is 6.37. The molecule has 1 aliphatic heterocycles. The number of primary amides is 2. The number of aliphatic hydroxyl groups excluding tert-OH is 1. The number of rotatable bonds is 16. The molecule has 11 N–H and O–H groups in total. The van der Waals surface area contributed by atoms with Gasteiger partial charge in [-0.05, 0) is 42.7 Å². The van der Waals surface area contributed by atoms with Crippen LogP contribution in [0.2, 0.25) is 0 Å². The van der Waals surface area contributed by atoms with Gasteiger partial charge in [0.25, 0.3) is 5.91 Å². The molecule has 0 spiro atoms. The monoisotopic (exact) mass is 698 g/mol. The highest BCUT2D eigenvalue weighted by atomic mass is 16.5. The number of carbonyl (C=O) groups excluding carboxylic acids is 7. The molecule has 0 radical (unpaired) electrons. The Hall–Kier alpha value is -4.93. The minimum Gasteiger partial charge on any atom is -0.388 e. The van der Waals surface area contributed by atoms with E-state index in [-0.39, 0.29) is 12.8 Å². The molecule has 2 aliphatic carbocycles. The molecule has 0 aromatic rings. The van der Waals surface area contributed by atoms with Gasteiger partial charge in [0.15, 0.2) is 5.79 Å². The molecule has 1 heterocycles. The maximum atomic E-state index is 13.4. The zero-order valence-corrected chi connectivity index (χ0v) is 28.4. The standard InChI is InChI=1S/C34H46N6O10/c1-5-12-37-25(43)16-34(49,50)27-32(48)40-28-19(8-7-11-33(27,28)4)20-13-18(9-10-23(20)41)14-22(39-31(47)26(44)17(3)6-2)30(46)38-21(29(36)45)15-24(35)42/h5,7-9,11-13,17,21-23,27-28,41,49-50H,6,10,14-16H2,1-4H3,(H2,35,42)(H2,36,45)(H,37,43)(H,38,46)(H,39,47)(H,40,48)/b12-5-/t17-,21?,22-,23?,27?,28?,33?/m0/s1. The fraction of sp³-hybridized carbons (Fsp3) is 0.500. The predicted octanol–water partition coefficient (Wildman–Crippen LogP) is -1.72. The molecule has 3 rings (SSSR count). The first-order valence-electron chi connectivity index (χ1n) is 16.2. The van der Waals surface area contributed by atoms with E-state index in [4.69, 9.17) is 11.5 Å². The van der Waals surface area contributed by atoms with Crippen LogP contribution in [0.1, 0.15) is 59.8 Å². The summed E-state index contributed by atoms with van der Waals surface area (Å²) in [4.78, 5) is 88.0. The van der Waals surface area contributed by atoms with Crippen LogP contribution in [0.4, 0.5) is 0 Å². The summed E-state index contributed by atoms with van der Waals surface area (Å²) in [6.07, 6.45) is 8.53. The van der Waals surface area contributed by atoms with Crippen LogP contribution in [0, 0.1) is 17.3 Å². The average Bonchev–Trinajstić information content (AvgIpc) is 3.32. The molecule has 5 unspecified atom stereocenters. The third-order valence-corrected chi connectivity index (χ3v) is 9.18. The number of Topliss-reactive ketones (excluding diaryl/α,β-unsaturated/α-hetero) is 1. The Kier molecular flexibility index (Phi) is 12.8. The molecule has 3 aliphatic rings. The van der Waals surface area contributed by atoms with Crippen LogP contribution in [0.15, 0.2) is 59.4 Å². The fourth-order valence-corrected chi connectivity index (χ4v) is 6.37. The van der Waals surface area contributed by atoms with Crippen LogP contribution in [0.25, 0.3) is 0 Å². The normalized spacial score (nSPS) is 24.8. The number of fused-ring (bicyclic) bond motifs is 1. The molecular weight excluding hydrogens is 652 g/mol. The number of aliphatic hydroxyl groups is 3. The second-order valence-corrected chi connectivity index (χ2v) is 13.0. The number of amides is 6. The van der Waals surface area contributed by atoms with E-state index in [1.54, 1.807) is 58.1 Å². The Balaban J connectivity index is 1.94. The molecule has 16 nitrogen and oxygen atoms in total. The van der Waals surface area contributed by atoms with E-state index in [2.05, 4.69) is 21.3 Å². The van der Waals surface area contributed by atoms with E-state index < -0.39 is 101 Å². The molecule has 7 atom stereocenters. The predicted molar refractivity (Wildman–Crippen MR) is 178 cm³/mol. The lowest BCUT2D eigenvalue weighted by molar-refractivity contribution is -0.215.